The Morgan fingerprint density at radius 2 is 1.70 bits per heavy atom. The van der Waals surface area contributed by atoms with Crippen LogP contribution in [0.25, 0.3) is 0 Å². The third-order valence-electron chi connectivity index (χ3n) is 5.20. The molecule has 4 nitrogen and oxygen atoms in total. The number of ether oxygens (including phenoxy) is 1. The van der Waals surface area contributed by atoms with Crippen molar-refractivity contribution in [3.8, 4) is 5.75 Å². The van der Waals surface area contributed by atoms with Crippen molar-refractivity contribution in [3.63, 3.8) is 0 Å². The Balaban J connectivity index is 1.46. The predicted molar refractivity (Wildman–Crippen MR) is 91.4 cm³/mol. The van der Waals surface area contributed by atoms with Crippen LogP contribution in [0.5, 0.6) is 5.75 Å². The van der Waals surface area contributed by atoms with Crippen LogP contribution in [-0.2, 0) is 11.3 Å². The maximum atomic E-state index is 12.6. The second-order valence-corrected chi connectivity index (χ2v) is 6.78. The molecule has 23 heavy (non-hydrogen) atoms. The van der Waals surface area contributed by atoms with E-state index in [0.29, 0.717) is 11.8 Å². The molecule has 1 aromatic carbocycles. The number of methoxy groups -OCH3 is 1. The average molecular weight is 316 g/mol. The largest absolute Gasteiger partial charge is 0.497 e. The van der Waals surface area contributed by atoms with E-state index in [4.69, 9.17) is 4.74 Å². The fourth-order valence-electron chi connectivity index (χ4n) is 3.72. The fourth-order valence-corrected chi connectivity index (χ4v) is 3.72. The van der Waals surface area contributed by atoms with Crippen LogP contribution in [-0.4, -0.2) is 49.0 Å². The molecule has 1 saturated carbocycles. The summed E-state index contributed by atoms with van der Waals surface area (Å²) < 4.78 is 5.20. The highest BCUT2D eigenvalue weighted by molar-refractivity contribution is 5.79. The number of hydrogen-bond donors (Lipinski definition) is 0. The molecule has 0 aromatic heterocycles. The molecule has 3 rings (SSSR count). The minimum atomic E-state index is 0.303. The first-order valence-corrected chi connectivity index (χ1v) is 8.90. The van der Waals surface area contributed by atoms with E-state index in [-0.39, 0.29) is 0 Å². The molecule has 4 heteroatoms. The highest BCUT2D eigenvalue weighted by atomic mass is 16.5. The highest BCUT2D eigenvalue weighted by Crippen LogP contribution is 2.26. The van der Waals surface area contributed by atoms with Gasteiger partial charge in [0.2, 0.25) is 5.91 Å². The molecule has 1 heterocycles. The van der Waals surface area contributed by atoms with Gasteiger partial charge >= 0.3 is 0 Å². The van der Waals surface area contributed by atoms with Gasteiger partial charge in [0.25, 0.3) is 0 Å². The summed E-state index contributed by atoms with van der Waals surface area (Å²) in [6.45, 7) is 4.67. The summed E-state index contributed by atoms with van der Waals surface area (Å²) in [7, 11) is 1.69. The third kappa shape index (κ3) is 4.25. The Labute approximate surface area is 139 Å². The van der Waals surface area contributed by atoms with Crippen molar-refractivity contribution in [1.29, 1.82) is 0 Å². The van der Waals surface area contributed by atoms with Crippen molar-refractivity contribution in [2.24, 2.45) is 5.92 Å². The lowest BCUT2D eigenvalue weighted by atomic mass is 9.88. The van der Waals surface area contributed by atoms with Gasteiger partial charge in [-0.05, 0) is 30.5 Å². The lowest BCUT2D eigenvalue weighted by Crippen LogP contribution is -2.50. The Morgan fingerprint density at radius 1 is 1.04 bits per heavy atom. The van der Waals surface area contributed by atoms with Crippen LogP contribution in [0.2, 0.25) is 0 Å². The molecule has 0 atom stereocenters. The molecule has 1 saturated heterocycles. The Morgan fingerprint density at radius 3 is 2.30 bits per heavy atom. The van der Waals surface area contributed by atoms with Crippen LogP contribution < -0.4 is 4.74 Å². The van der Waals surface area contributed by atoms with E-state index in [1.807, 2.05) is 12.1 Å². The van der Waals surface area contributed by atoms with Crippen molar-refractivity contribution in [3.05, 3.63) is 29.8 Å². The fraction of sp³-hybridized carbons (Fsp3) is 0.632. The van der Waals surface area contributed by atoms with Crippen LogP contribution in [0.1, 0.15) is 37.7 Å². The monoisotopic (exact) mass is 316 g/mol. The van der Waals surface area contributed by atoms with E-state index in [0.717, 1.165) is 51.3 Å². The zero-order chi connectivity index (χ0) is 16.1. The van der Waals surface area contributed by atoms with Crippen LogP contribution in [0, 0.1) is 5.92 Å². The minimum Gasteiger partial charge on any atom is -0.497 e. The molecular weight excluding hydrogens is 288 g/mol. The van der Waals surface area contributed by atoms with Gasteiger partial charge < -0.3 is 9.64 Å². The van der Waals surface area contributed by atoms with Gasteiger partial charge in [-0.1, -0.05) is 31.4 Å². The Bertz CT molecular complexity index is 501. The van der Waals surface area contributed by atoms with Crippen LogP contribution in [0.4, 0.5) is 0 Å². The summed E-state index contributed by atoms with van der Waals surface area (Å²) in [4.78, 5) is 17.1. The summed E-state index contributed by atoms with van der Waals surface area (Å²) in [6, 6.07) is 8.27. The topological polar surface area (TPSA) is 32.8 Å². The van der Waals surface area contributed by atoms with E-state index in [1.54, 1.807) is 7.11 Å². The summed E-state index contributed by atoms with van der Waals surface area (Å²) in [5.41, 5.74) is 1.30. The maximum absolute atomic E-state index is 12.6. The molecule has 0 radical (unpaired) electrons. The molecule has 1 aliphatic heterocycles. The zero-order valence-electron chi connectivity index (χ0n) is 14.2. The minimum absolute atomic E-state index is 0.303. The van der Waals surface area contributed by atoms with Crippen molar-refractivity contribution >= 4 is 5.91 Å². The van der Waals surface area contributed by atoms with E-state index in [1.165, 1.54) is 24.8 Å². The second-order valence-electron chi connectivity index (χ2n) is 6.78. The lowest BCUT2D eigenvalue weighted by molar-refractivity contribution is -0.138. The summed E-state index contributed by atoms with van der Waals surface area (Å²) in [5.74, 6) is 1.61. The lowest BCUT2D eigenvalue weighted by Gasteiger charge is -2.37. The van der Waals surface area contributed by atoms with Crippen molar-refractivity contribution in [2.45, 2.75) is 38.6 Å². The van der Waals surface area contributed by atoms with Crippen LogP contribution in [0.15, 0.2) is 24.3 Å². The van der Waals surface area contributed by atoms with Gasteiger partial charge in [0, 0.05) is 38.6 Å². The number of rotatable bonds is 4. The maximum Gasteiger partial charge on any atom is 0.225 e. The van der Waals surface area contributed by atoms with Gasteiger partial charge in [-0.3, -0.25) is 9.69 Å². The number of amides is 1. The predicted octanol–water partition coefficient (Wildman–Crippen LogP) is 2.92. The number of nitrogens with zero attached hydrogens (tertiary/aromatic N) is 2. The average Bonchev–Trinajstić information content (AvgIpc) is 2.63. The zero-order valence-corrected chi connectivity index (χ0v) is 14.2. The Kier molecular flexibility index (Phi) is 5.55. The van der Waals surface area contributed by atoms with E-state index in [9.17, 15) is 4.79 Å². The van der Waals surface area contributed by atoms with Crippen LogP contribution in [0.3, 0.4) is 0 Å². The molecule has 2 aliphatic rings. The first-order valence-electron chi connectivity index (χ1n) is 8.90. The van der Waals surface area contributed by atoms with Gasteiger partial charge in [0.05, 0.1) is 7.11 Å². The number of carbonyl (C=O) groups excluding carboxylic acids is 1. The van der Waals surface area contributed by atoms with E-state index in [2.05, 4.69) is 21.9 Å². The molecule has 0 N–H and O–H groups in total. The number of benzene rings is 1. The molecule has 0 spiro atoms. The highest BCUT2D eigenvalue weighted by Gasteiger charge is 2.28. The quantitative estimate of drug-likeness (QED) is 0.856. The molecule has 0 bridgehead atoms. The molecule has 1 aliphatic carbocycles. The Hall–Kier alpha value is -1.55. The molecular formula is C19H28N2O2. The molecule has 126 valence electrons. The summed E-state index contributed by atoms with van der Waals surface area (Å²) in [5, 5.41) is 0. The number of hydrogen-bond acceptors (Lipinski definition) is 3. The first kappa shape index (κ1) is 16.3. The van der Waals surface area contributed by atoms with Gasteiger partial charge in [-0.15, -0.1) is 0 Å². The van der Waals surface area contributed by atoms with Gasteiger partial charge in [-0.25, -0.2) is 0 Å². The van der Waals surface area contributed by atoms with Crippen molar-refractivity contribution < 1.29 is 9.53 Å². The first-order chi connectivity index (χ1) is 11.3. The van der Waals surface area contributed by atoms with Gasteiger partial charge in [0.15, 0.2) is 0 Å². The van der Waals surface area contributed by atoms with Crippen LogP contribution >= 0.6 is 0 Å². The third-order valence-corrected chi connectivity index (χ3v) is 5.20. The molecule has 1 aromatic rings. The van der Waals surface area contributed by atoms with Gasteiger partial charge in [-0.2, -0.15) is 0 Å². The SMILES string of the molecule is COc1ccc(CN2CCN(C(=O)C3CCCCC3)CC2)cc1. The van der Waals surface area contributed by atoms with Crippen molar-refractivity contribution in [1.82, 2.24) is 9.80 Å². The van der Waals surface area contributed by atoms with E-state index >= 15 is 0 Å². The number of carbonyl (C=O) groups is 1. The number of piperazine rings is 1. The van der Waals surface area contributed by atoms with Crippen molar-refractivity contribution in [2.75, 3.05) is 33.3 Å². The smallest absolute Gasteiger partial charge is 0.225 e. The van der Waals surface area contributed by atoms with E-state index < -0.39 is 0 Å². The normalized spacial score (nSPS) is 20.5. The summed E-state index contributed by atoms with van der Waals surface area (Å²) >= 11 is 0. The standard InChI is InChI=1S/C19H28N2O2/c1-23-18-9-7-16(8-10-18)15-20-11-13-21(14-12-20)19(22)17-5-3-2-4-6-17/h7-10,17H,2-6,11-15H2,1H3. The molecule has 0 unspecified atom stereocenters. The molecule has 1 amide bonds. The summed E-state index contributed by atoms with van der Waals surface area (Å²) in [6.07, 6.45) is 5.97. The second kappa shape index (κ2) is 7.82. The molecule has 2 fully saturated rings. The van der Waals surface area contributed by atoms with Gasteiger partial charge in [0.1, 0.15) is 5.75 Å².